The van der Waals surface area contributed by atoms with E-state index in [9.17, 15) is 0 Å². The van der Waals surface area contributed by atoms with Crippen molar-refractivity contribution in [2.75, 3.05) is 26.9 Å². The van der Waals surface area contributed by atoms with Crippen LogP contribution in [0.15, 0.2) is 0 Å². The van der Waals surface area contributed by atoms with E-state index in [0.29, 0.717) is 6.04 Å². The Morgan fingerprint density at radius 1 is 1.24 bits per heavy atom. The molecule has 0 saturated heterocycles. The van der Waals surface area contributed by atoms with Crippen LogP contribution in [0.3, 0.4) is 0 Å². The van der Waals surface area contributed by atoms with Crippen molar-refractivity contribution in [2.24, 2.45) is 0 Å². The molecule has 0 aliphatic rings. The Labute approximate surface area is 107 Å². The SMILES string of the molecule is CCCNC(CCCOC)C(C)(CC)OCC. The maximum Gasteiger partial charge on any atom is 0.0803 e. The molecule has 0 fully saturated rings. The zero-order valence-electron chi connectivity index (χ0n) is 12.3. The fraction of sp³-hybridized carbons (Fsp3) is 1.00. The molecule has 1 N–H and O–H groups in total. The van der Waals surface area contributed by atoms with Crippen molar-refractivity contribution in [3.8, 4) is 0 Å². The molecule has 0 rings (SSSR count). The lowest BCUT2D eigenvalue weighted by atomic mass is 9.89. The number of hydrogen-bond acceptors (Lipinski definition) is 3. The minimum absolute atomic E-state index is 0.0579. The number of methoxy groups -OCH3 is 1. The zero-order valence-corrected chi connectivity index (χ0v) is 12.3. The van der Waals surface area contributed by atoms with Gasteiger partial charge in [0.2, 0.25) is 0 Å². The third-order valence-corrected chi connectivity index (χ3v) is 3.40. The molecule has 0 bridgehead atoms. The van der Waals surface area contributed by atoms with E-state index in [1.807, 2.05) is 0 Å². The van der Waals surface area contributed by atoms with Gasteiger partial charge < -0.3 is 14.8 Å². The number of nitrogens with one attached hydrogen (secondary N) is 1. The molecule has 17 heavy (non-hydrogen) atoms. The Hall–Kier alpha value is -0.120. The summed E-state index contributed by atoms with van der Waals surface area (Å²) in [7, 11) is 1.76. The normalized spacial score (nSPS) is 16.8. The highest BCUT2D eigenvalue weighted by molar-refractivity contribution is 4.88. The lowest BCUT2D eigenvalue weighted by Gasteiger charge is -2.37. The topological polar surface area (TPSA) is 30.5 Å². The summed E-state index contributed by atoms with van der Waals surface area (Å²) >= 11 is 0. The predicted molar refractivity (Wildman–Crippen MR) is 73.5 cm³/mol. The third-order valence-electron chi connectivity index (χ3n) is 3.40. The van der Waals surface area contributed by atoms with Crippen LogP contribution in [0.25, 0.3) is 0 Å². The van der Waals surface area contributed by atoms with Gasteiger partial charge >= 0.3 is 0 Å². The smallest absolute Gasteiger partial charge is 0.0803 e. The summed E-state index contributed by atoms with van der Waals surface area (Å²) in [6.45, 7) is 11.3. The first-order chi connectivity index (χ1) is 8.14. The molecule has 0 aromatic heterocycles. The molecule has 2 unspecified atom stereocenters. The van der Waals surface area contributed by atoms with Gasteiger partial charge in [0.25, 0.3) is 0 Å². The maximum atomic E-state index is 5.97. The molecule has 0 saturated carbocycles. The van der Waals surface area contributed by atoms with Crippen LogP contribution in [-0.4, -0.2) is 38.5 Å². The fourth-order valence-corrected chi connectivity index (χ4v) is 2.15. The van der Waals surface area contributed by atoms with E-state index in [2.05, 4.69) is 33.0 Å². The first-order valence-corrected chi connectivity index (χ1v) is 7.00. The van der Waals surface area contributed by atoms with Crippen LogP contribution in [0.1, 0.15) is 53.4 Å². The molecule has 3 nitrogen and oxygen atoms in total. The summed E-state index contributed by atoms with van der Waals surface area (Å²) in [5.41, 5.74) is -0.0579. The maximum absolute atomic E-state index is 5.97. The predicted octanol–water partition coefficient (Wildman–Crippen LogP) is 2.99. The minimum Gasteiger partial charge on any atom is -0.385 e. The summed E-state index contributed by atoms with van der Waals surface area (Å²) in [5, 5.41) is 3.62. The van der Waals surface area contributed by atoms with E-state index < -0.39 is 0 Å². The van der Waals surface area contributed by atoms with Crippen molar-refractivity contribution in [1.82, 2.24) is 5.32 Å². The Morgan fingerprint density at radius 2 is 1.94 bits per heavy atom. The Morgan fingerprint density at radius 3 is 2.41 bits per heavy atom. The van der Waals surface area contributed by atoms with Crippen LogP contribution >= 0.6 is 0 Å². The highest BCUT2D eigenvalue weighted by Gasteiger charge is 2.32. The largest absolute Gasteiger partial charge is 0.385 e. The molecule has 0 radical (unpaired) electrons. The van der Waals surface area contributed by atoms with Gasteiger partial charge in [-0.3, -0.25) is 0 Å². The number of rotatable bonds is 11. The van der Waals surface area contributed by atoms with Gasteiger partial charge in [0, 0.05) is 26.4 Å². The van der Waals surface area contributed by atoms with Crippen LogP contribution in [-0.2, 0) is 9.47 Å². The highest BCUT2D eigenvalue weighted by Crippen LogP contribution is 2.23. The molecule has 0 aliphatic carbocycles. The van der Waals surface area contributed by atoms with Gasteiger partial charge in [-0.2, -0.15) is 0 Å². The van der Waals surface area contributed by atoms with E-state index in [1.165, 1.54) is 0 Å². The second-order valence-electron chi connectivity index (χ2n) is 4.74. The van der Waals surface area contributed by atoms with Crippen molar-refractivity contribution >= 4 is 0 Å². The van der Waals surface area contributed by atoms with Crippen LogP contribution < -0.4 is 5.32 Å². The van der Waals surface area contributed by atoms with Crippen molar-refractivity contribution in [3.05, 3.63) is 0 Å². The first kappa shape index (κ1) is 16.9. The lowest BCUT2D eigenvalue weighted by molar-refractivity contribution is -0.0581. The van der Waals surface area contributed by atoms with E-state index in [1.54, 1.807) is 7.11 Å². The molecule has 0 amide bonds. The van der Waals surface area contributed by atoms with Gasteiger partial charge in [0.15, 0.2) is 0 Å². The molecule has 0 aromatic carbocycles. The van der Waals surface area contributed by atoms with E-state index >= 15 is 0 Å². The average Bonchev–Trinajstić information content (AvgIpc) is 2.33. The molecule has 0 spiro atoms. The van der Waals surface area contributed by atoms with Crippen LogP contribution in [0, 0.1) is 0 Å². The number of ether oxygens (including phenoxy) is 2. The van der Waals surface area contributed by atoms with Gasteiger partial charge in [-0.05, 0) is 46.1 Å². The van der Waals surface area contributed by atoms with E-state index in [0.717, 1.165) is 45.4 Å². The molecule has 0 heterocycles. The molecule has 2 atom stereocenters. The van der Waals surface area contributed by atoms with Gasteiger partial charge in [0.1, 0.15) is 0 Å². The second-order valence-corrected chi connectivity index (χ2v) is 4.74. The Kier molecular flexibility index (Phi) is 9.79. The molecular formula is C14H31NO2. The van der Waals surface area contributed by atoms with E-state index in [4.69, 9.17) is 9.47 Å². The first-order valence-electron chi connectivity index (χ1n) is 7.00. The second kappa shape index (κ2) is 9.86. The summed E-state index contributed by atoms with van der Waals surface area (Å²) in [5.74, 6) is 0. The van der Waals surface area contributed by atoms with Crippen molar-refractivity contribution in [3.63, 3.8) is 0 Å². The minimum atomic E-state index is -0.0579. The standard InChI is InChI=1S/C14H31NO2/c1-6-11-15-13(10-9-12-16-5)14(4,7-2)17-8-3/h13,15H,6-12H2,1-5H3. The molecular weight excluding hydrogens is 214 g/mol. The van der Waals surface area contributed by atoms with Crippen LogP contribution in [0.5, 0.6) is 0 Å². The monoisotopic (exact) mass is 245 g/mol. The van der Waals surface area contributed by atoms with E-state index in [-0.39, 0.29) is 5.60 Å². The molecule has 0 aromatic rings. The fourth-order valence-electron chi connectivity index (χ4n) is 2.15. The van der Waals surface area contributed by atoms with Crippen molar-refractivity contribution < 1.29 is 9.47 Å². The third kappa shape index (κ3) is 6.39. The van der Waals surface area contributed by atoms with Gasteiger partial charge in [-0.25, -0.2) is 0 Å². The van der Waals surface area contributed by atoms with Crippen molar-refractivity contribution in [1.29, 1.82) is 0 Å². The summed E-state index contributed by atoms with van der Waals surface area (Å²) in [6.07, 6.45) is 4.39. The van der Waals surface area contributed by atoms with Crippen LogP contribution in [0.2, 0.25) is 0 Å². The van der Waals surface area contributed by atoms with Gasteiger partial charge in [-0.15, -0.1) is 0 Å². The van der Waals surface area contributed by atoms with Crippen LogP contribution in [0.4, 0.5) is 0 Å². The summed E-state index contributed by atoms with van der Waals surface area (Å²) in [6, 6.07) is 0.419. The van der Waals surface area contributed by atoms with Gasteiger partial charge in [-0.1, -0.05) is 13.8 Å². The quantitative estimate of drug-likeness (QED) is 0.568. The number of hydrogen-bond donors (Lipinski definition) is 1. The summed E-state index contributed by atoms with van der Waals surface area (Å²) < 4.78 is 11.1. The molecule has 104 valence electrons. The summed E-state index contributed by atoms with van der Waals surface area (Å²) in [4.78, 5) is 0. The Balaban J connectivity index is 4.38. The van der Waals surface area contributed by atoms with Crippen molar-refractivity contribution in [2.45, 2.75) is 65.0 Å². The molecule has 3 heteroatoms. The highest BCUT2D eigenvalue weighted by atomic mass is 16.5. The molecule has 0 aliphatic heterocycles. The average molecular weight is 245 g/mol. The lowest BCUT2D eigenvalue weighted by Crippen LogP contribution is -2.50. The van der Waals surface area contributed by atoms with Gasteiger partial charge in [0.05, 0.1) is 5.60 Å². The Bertz CT molecular complexity index is 176. The zero-order chi connectivity index (χ0) is 13.1.